The zero-order valence-corrected chi connectivity index (χ0v) is 25.5. The first-order chi connectivity index (χ1) is 22.6. The van der Waals surface area contributed by atoms with Crippen LogP contribution in [0.4, 0.5) is 11.4 Å². The first-order valence-corrected chi connectivity index (χ1v) is 15.7. The van der Waals surface area contributed by atoms with E-state index in [1.165, 1.54) is 12.1 Å². The number of hydrogen-bond donors (Lipinski definition) is 0. The average molecular weight is 682 g/mol. The molecule has 17 nitrogen and oxygen atoms in total. The van der Waals surface area contributed by atoms with Crippen molar-refractivity contribution in [3.63, 3.8) is 0 Å². The second kappa shape index (κ2) is 14.1. The van der Waals surface area contributed by atoms with Crippen molar-refractivity contribution < 1.29 is 56.5 Å². The molecule has 18 heteroatoms. The van der Waals surface area contributed by atoms with Crippen LogP contribution in [-0.2, 0) is 24.1 Å². The Balaban J connectivity index is 1.48. The summed E-state index contributed by atoms with van der Waals surface area (Å²) in [6, 6.07) is 10.4. The normalized spacial score (nSPS) is 13.0. The molecule has 0 unspecified atom stereocenters. The van der Waals surface area contributed by atoms with Gasteiger partial charge < -0.3 is 9.47 Å². The molecule has 1 aliphatic rings. The van der Waals surface area contributed by atoms with Crippen molar-refractivity contribution in [3.8, 4) is 0 Å². The van der Waals surface area contributed by atoms with E-state index in [1.807, 2.05) is 0 Å². The number of hydrogen-bond acceptors (Lipinski definition) is 14. The van der Waals surface area contributed by atoms with Crippen molar-refractivity contribution in [2.75, 3.05) is 25.2 Å². The number of rotatable bonds is 14. The molecule has 4 rings (SSSR count). The quantitative estimate of drug-likeness (QED) is 0.0780. The van der Waals surface area contributed by atoms with E-state index in [1.54, 1.807) is 0 Å². The molecule has 0 saturated heterocycles. The van der Waals surface area contributed by atoms with Crippen LogP contribution in [0.2, 0.25) is 0 Å². The Morgan fingerprint density at radius 2 is 1.19 bits per heavy atom. The predicted octanol–water partition coefficient (Wildman–Crippen LogP) is 2.37. The summed E-state index contributed by atoms with van der Waals surface area (Å²) >= 11 is 0. The molecule has 0 fully saturated rings. The van der Waals surface area contributed by atoms with Crippen molar-refractivity contribution in [3.05, 3.63) is 115 Å². The lowest BCUT2D eigenvalue weighted by atomic mass is 10.1. The minimum atomic E-state index is -3.73. The molecular weight excluding hydrogens is 658 g/mol. The topological polar surface area (TPSA) is 245 Å². The number of ketones is 2. The maximum atomic E-state index is 13.4. The summed E-state index contributed by atoms with van der Waals surface area (Å²) in [4.78, 5) is 98.2. The van der Waals surface area contributed by atoms with Gasteiger partial charge in [0.2, 0.25) is 0 Å². The number of imide groups is 1. The molecule has 3 aromatic rings. The summed E-state index contributed by atoms with van der Waals surface area (Å²) in [5.41, 5.74) is -1.39. The van der Waals surface area contributed by atoms with Crippen LogP contribution in [0.5, 0.6) is 0 Å². The van der Waals surface area contributed by atoms with Crippen LogP contribution in [0.15, 0.2) is 66.7 Å². The summed E-state index contributed by atoms with van der Waals surface area (Å²) in [6.07, 6.45) is 0.272. The van der Waals surface area contributed by atoms with Crippen molar-refractivity contribution in [2.24, 2.45) is 0 Å². The van der Waals surface area contributed by atoms with Gasteiger partial charge in [0, 0.05) is 41.6 Å². The molecule has 1 atom stereocenters. The Bertz CT molecular complexity index is 1970. The van der Waals surface area contributed by atoms with Crippen molar-refractivity contribution in [1.29, 1.82) is 0 Å². The van der Waals surface area contributed by atoms with Crippen molar-refractivity contribution >= 4 is 56.5 Å². The maximum Gasteiger partial charge on any atom is 0.338 e. The standard InChI is InChI=1S/C30H23N3O14S/c1-48(44,45)13-12-24(30(39)47-16-26(35)18-4-9-21(10-5-18)33(42)43)31-27(36)22-11-6-19(14-23(22)28(31)37)29(38)46-15-25(34)17-2-7-20(8-3-17)32(40)41/h2-11,14,24H,12-13,15-16H2,1H3/t24-/m0/s1. The highest BCUT2D eigenvalue weighted by molar-refractivity contribution is 7.90. The fourth-order valence-corrected chi connectivity index (χ4v) is 5.15. The lowest BCUT2D eigenvalue weighted by Gasteiger charge is -2.24. The van der Waals surface area contributed by atoms with Crippen LogP contribution in [0.25, 0.3) is 0 Å². The van der Waals surface area contributed by atoms with Gasteiger partial charge >= 0.3 is 11.9 Å². The number of nitrogens with zero attached hydrogens (tertiary/aromatic N) is 3. The van der Waals surface area contributed by atoms with E-state index in [2.05, 4.69) is 0 Å². The van der Waals surface area contributed by atoms with Gasteiger partial charge in [-0.3, -0.25) is 44.3 Å². The number of carbonyl (C=O) groups is 6. The molecule has 0 N–H and O–H groups in total. The average Bonchev–Trinajstić information content (AvgIpc) is 3.30. The van der Waals surface area contributed by atoms with Crippen LogP contribution in [0.3, 0.4) is 0 Å². The number of esters is 2. The summed E-state index contributed by atoms with van der Waals surface area (Å²) < 4.78 is 33.8. The third-order valence-electron chi connectivity index (χ3n) is 6.98. The Kier molecular flexibility index (Phi) is 10.2. The number of non-ortho nitro benzene ring substituents is 2. The molecule has 1 aliphatic heterocycles. The highest BCUT2D eigenvalue weighted by Gasteiger charge is 2.44. The number of ether oxygens (including phenoxy) is 2. The lowest BCUT2D eigenvalue weighted by Crippen LogP contribution is -2.46. The Morgan fingerprint density at radius 3 is 1.67 bits per heavy atom. The molecule has 0 radical (unpaired) electrons. The first-order valence-electron chi connectivity index (χ1n) is 13.7. The molecule has 0 spiro atoms. The van der Waals surface area contributed by atoms with Gasteiger partial charge in [0.15, 0.2) is 24.8 Å². The summed E-state index contributed by atoms with van der Waals surface area (Å²) in [7, 11) is -3.73. The number of benzene rings is 3. The number of nitro benzene ring substituents is 2. The number of fused-ring (bicyclic) bond motifs is 1. The highest BCUT2D eigenvalue weighted by Crippen LogP contribution is 2.28. The van der Waals surface area contributed by atoms with Gasteiger partial charge in [0.05, 0.1) is 32.3 Å². The number of nitro groups is 2. The molecule has 0 bridgehead atoms. The third kappa shape index (κ3) is 7.97. The smallest absolute Gasteiger partial charge is 0.338 e. The first kappa shape index (κ1) is 34.7. The van der Waals surface area contributed by atoms with Crippen molar-refractivity contribution in [2.45, 2.75) is 12.5 Å². The zero-order valence-electron chi connectivity index (χ0n) is 24.7. The van der Waals surface area contributed by atoms with E-state index in [4.69, 9.17) is 9.47 Å². The summed E-state index contributed by atoms with van der Waals surface area (Å²) in [5.74, 6) is -6.56. The van der Waals surface area contributed by atoms with Gasteiger partial charge in [0.25, 0.3) is 23.2 Å². The van der Waals surface area contributed by atoms with Gasteiger partial charge in [-0.25, -0.2) is 18.0 Å². The Morgan fingerprint density at radius 1 is 0.729 bits per heavy atom. The highest BCUT2D eigenvalue weighted by atomic mass is 32.2. The van der Waals surface area contributed by atoms with E-state index in [-0.39, 0.29) is 39.2 Å². The van der Waals surface area contributed by atoms with E-state index in [9.17, 15) is 57.4 Å². The molecular formula is C30H23N3O14S. The van der Waals surface area contributed by atoms with Crippen LogP contribution < -0.4 is 0 Å². The number of carbonyl (C=O) groups excluding carboxylic acids is 6. The largest absolute Gasteiger partial charge is 0.456 e. The van der Waals surface area contributed by atoms with Crippen LogP contribution in [0.1, 0.15) is 58.2 Å². The molecule has 1 heterocycles. The number of sulfone groups is 1. The molecule has 0 saturated carbocycles. The molecule has 3 aromatic carbocycles. The second-order valence-electron chi connectivity index (χ2n) is 10.3. The summed E-state index contributed by atoms with van der Waals surface area (Å²) in [5, 5.41) is 21.6. The van der Waals surface area contributed by atoms with E-state index in [0.29, 0.717) is 4.90 Å². The second-order valence-corrected chi connectivity index (χ2v) is 12.6. The van der Waals surface area contributed by atoms with Gasteiger partial charge in [-0.15, -0.1) is 0 Å². The number of amides is 2. The Labute approximate surface area is 270 Å². The van der Waals surface area contributed by atoms with E-state index in [0.717, 1.165) is 60.9 Å². The molecule has 0 aliphatic carbocycles. The number of Topliss-reactive ketones (excluding diaryl/α,β-unsaturated/α-hetero) is 2. The minimum absolute atomic E-state index is 0.0280. The monoisotopic (exact) mass is 681 g/mol. The molecule has 248 valence electrons. The molecule has 2 amide bonds. The van der Waals surface area contributed by atoms with Gasteiger partial charge in [-0.2, -0.15) is 0 Å². The fourth-order valence-electron chi connectivity index (χ4n) is 4.50. The minimum Gasteiger partial charge on any atom is -0.456 e. The third-order valence-corrected chi connectivity index (χ3v) is 7.96. The van der Waals surface area contributed by atoms with Gasteiger partial charge in [-0.05, 0) is 48.9 Å². The predicted molar refractivity (Wildman–Crippen MR) is 161 cm³/mol. The van der Waals surface area contributed by atoms with Crippen LogP contribution in [-0.4, -0.2) is 89.7 Å². The van der Waals surface area contributed by atoms with Gasteiger partial charge in [-0.1, -0.05) is 0 Å². The maximum absolute atomic E-state index is 13.4. The van der Waals surface area contributed by atoms with Crippen molar-refractivity contribution in [1.82, 2.24) is 4.90 Å². The molecule has 0 aromatic heterocycles. The van der Waals surface area contributed by atoms with E-state index < -0.39 is 86.4 Å². The SMILES string of the molecule is CS(=O)(=O)CC[C@@H](C(=O)OCC(=O)c1ccc([N+](=O)[O-])cc1)N1C(=O)c2ccc(C(=O)OCC(=O)c3ccc([N+](=O)[O-])cc3)cc2C1=O. The van der Waals surface area contributed by atoms with Crippen LogP contribution in [0, 0.1) is 20.2 Å². The fraction of sp³-hybridized carbons (Fsp3) is 0.200. The Hall–Kier alpha value is -6.17. The zero-order chi connectivity index (χ0) is 35.3. The van der Waals surface area contributed by atoms with E-state index >= 15 is 0 Å². The van der Waals surface area contributed by atoms with Gasteiger partial charge in [0.1, 0.15) is 15.9 Å². The van der Waals surface area contributed by atoms with Crippen LogP contribution >= 0.6 is 0 Å². The lowest BCUT2D eigenvalue weighted by molar-refractivity contribution is -0.385. The molecule has 48 heavy (non-hydrogen) atoms. The summed E-state index contributed by atoms with van der Waals surface area (Å²) in [6.45, 7) is -1.66.